The van der Waals surface area contributed by atoms with Crippen molar-refractivity contribution in [3.05, 3.63) is 17.0 Å². The van der Waals surface area contributed by atoms with Crippen LogP contribution in [0.1, 0.15) is 30.3 Å². The van der Waals surface area contributed by atoms with Gasteiger partial charge in [-0.25, -0.2) is 0 Å². The van der Waals surface area contributed by atoms with Crippen molar-refractivity contribution < 1.29 is 4.79 Å². The zero-order valence-electron chi connectivity index (χ0n) is 8.72. The van der Waals surface area contributed by atoms with E-state index in [4.69, 9.17) is 0 Å². The molecule has 0 aliphatic carbocycles. The van der Waals surface area contributed by atoms with Crippen LogP contribution in [0.5, 0.6) is 0 Å². The van der Waals surface area contributed by atoms with E-state index in [1.54, 1.807) is 4.68 Å². The summed E-state index contributed by atoms with van der Waals surface area (Å²) in [6.45, 7) is 8.29. The van der Waals surface area contributed by atoms with Gasteiger partial charge in [0.25, 0.3) is 0 Å². The smallest absolute Gasteiger partial charge is 0.154 e. The molecule has 0 unspecified atom stereocenters. The Kier molecular flexibility index (Phi) is 2.86. The molecule has 0 bridgehead atoms. The first-order valence-electron chi connectivity index (χ1n) is 4.58. The molecular formula is C10H16N2O. The van der Waals surface area contributed by atoms with Gasteiger partial charge < -0.3 is 0 Å². The number of ketones is 1. The largest absolute Gasteiger partial charge is 0.298 e. The summed E-state index contributed by atoms with van der Waals surface area (Å²) in [5.41, 5.74) is 3.30. The van der Waals surface area contributed by atoms with Gasteiger partial charge in [-0.2, -0.15) is 5.10 Å². The molecule has 0 radical (unpaired) electrons. The van der Waals surface area contributed by atoms with Gasteiger partial charge in [0.2, 0.25) is 0 Å². The molecule has 1 rings (SSSR count). The Labute approximate surface area is 78.8 Å². The Morgan fingerprint density at radius 1 is 1.38 bits per heavy atom. The van der Waals surface area contributed by atoms with Crippen molar-refractivity contribution in [3.8, 4) is 0 Å². The van der Waals surface area contributed by atoms with Crippen LogP contribution in [-0.2, 0) is 11.3 Å². The summed E-state index contributed by atoms with van der Waals surface area (Å²) in [4.78, 5) is 11.2. The molecule has 0 atom stereocenters. The van der Waals surface area contributed by atoms with Gasteiger partial charge in [-0.1, -0.05) is 6.92 Å². The Morgan fingerprint density at radius 3 is 2.38 bits per heavy atom. The summed E-state index contributed by atoms with van der Waals surface area (Å²) in [6, 6.07) is 0. The van der Waals surface area contributed by atoms with E-state index in [9.17, 15) is 4.79 Å². The molecule has 1 heterocycles. The molecule has 0 saturated carbocycles. The summed E-state index contributed by atoms with van der Waals surface area (Å²) in [5, 5.41) is 4.29. The first-order chi connectivity index (χ1) is 6.06. The molecular weight excluding hydrogens is 164 g/mol. The van der Waals surface area contributed by atoms with Crippen molar-refractivity contribution in [2.75, 3.05) is 0 Å². The zero-order valence-corrected chi connectivity index (χ0v) is 8.72. The number of rotatable bonds is 3. The highest BCUT2D eigenvalue weighted by Crippen LogP contribution is 2.10. The summed E-state index contributed by atoms with van der Waals surface area (Å²) < 4.78 is 1.79. The summed E-state index contributed by atoms with van der Waals surface area (Å²) >= 11 is 0. The quantitative estimate of drug-likeness (QED) is 0.710. The fourth-order valence-corrected chi connectivity index (χ4v) is 1.22. The van der Waals surface area contributed by atoms with Gasteiger partial charge in [0, 0.05) is 12.1 Å². The second kappa shape index (κ2) is 3.73. The fraction of sp³-hybridized carbons (Fsp3) is 0.600. The van der Waals surface area contributed by atoms with E-state index >= 15 is 0 Å². The Bertz CT molecular complexity index is 326. The number of aryl methyl sites for hydroxylation is 1. The summed E-state index contributed by atoms with van der Waals surface area (Å²) in [6.07, 6.45) is 0.581. The topological polar surface area (TPSA) is 34.9 Å². The molecule has 0 saturated heterocycles. The molecule has 0 aliphatic heterocycles. The first-order valence-corrected chi connectivity index (χ1v) is 4.58. The lowest BCUT2D eigenvalue weighted by Crippen LogP contribution is -2.11. The van der Waals surface area contributed by atoms with Gasteiger partial charge in [0.05, 0.1) is 12.2 Å². The van der Waals surface area contributed by atoms with Crippen LogP contribution in [0.15, 0.2) is 0 Å². The van der Waals surface area contributed by atoms with Crippen molar-refractivity contribution >= 4 is 5.78 Å². The monoisotopic (exact) mass is 180 g/mol. The molecule has 0 spiro atoms. The maximum Gasteiger partial charge on any atom is 0.154 e. The molecule has 3 nitrogen and oxygen atoms in total. The number of aromatic nitrogens is 2. The standard InChI is InChI=1S/C10H16N2O/c1-5-10(13)6-12-9(4)7(2)8(3)11-12/h5-6H2,1-4H3. The maximum absolute atomic E-state index is 11.2. The number of hydrogen-bond acceptors (Lipinski definition) is 2. The third-order valence-corrected chi connectivity index (χ3v) is 2.46. The van der Waals surface area contributed by atoms with Crippen LogP contribution in [0.4, 0.5) is 0 Å². The molecule has 0 N–H and O–H groups in total. The molecule has 1 aromatic heterocycles. The van der Waals surface area contributed by atoms with Gasteiger partial charge >= 0.3 is 0 Å². The average molecular weight is 180 g/mol. The lowest BCUT2D eigenvalue weighted by molar-refractivity contribution is -0.119. The predicted molar refractivity (Wildman–Crippen MR) is 51.7 cm³/mol. The second-order valence-electron chi connectivity index (χ2n) is 3.35. The van der Waals surface area contributed by atoms with Gasteiger partial charge in [-0.15, -0.1) is 0 Å². The van der Waals surface area contributed by atoms with E-state index in [-0.39, 0.29) is 5.78 Å². The second-order valence-corrected chi connectivity index (χ2v) is 3.35. The van der Waals surface area contributed by atoms with Crippen molar-refractivity contribution in [1.29, 1.82) is 0 Å². The van der Waals surface area contributed by atoms with Crippen molar-refractivity contribution in [3.63, 3.8) is 0 Å². The number of hydrogen-bond donors (Lipinski definition) is 0. The lowest BCUT2D eigenvalue weighted by atomic mass is 10.2. The van der Waals surface area contributed by atoms with Gasteiger partial charge in [0.15, 0.2) is 5.78 Å². The molecule has 0 aromatic carbocycles. The SMILES string of the molecule is CCC(=O)Cn1nc(C)c(C)c1C. The van der Waals surface area contributed by atoms with Crippen molar-refractivity contribution in [2.24, 2.45) is 0 Å². The van der Waals surface area contributed by atoms with Crippen LogP contribution < -0.4 is 0 Å². The molecule has 0 fully saturated rings. The van der Waals surface area contributed by atoms with Gasteiger partial charge in [-0.3, -0.25) is 9.48 Å². The van der Waals surface area contributed by atoms with Crippen molar-refractivity contribution in [2.45, 2.75) is 40.7 Å². The van der Waals surface area contributed by atoms with E-state index in [0.717, 1.165) is 11.4 Å². The molecule has 1 aromatic rings. The summed E-state index contributed by atoms with van der Waals surface area (Å²) in [5.74, 6) is 0.227. The third kappa shape index (κ3) is 1.97. The molecule has 0 amide bonds. The van der Waals surface area contributed by atoms with Crippen molar-refractivity contribution in [1.82, 2.24) is 9.78 Å². The van der Waals surface area contributed by atoms with Gasteiger partial charge in [-0.05, 0) is 26.3 Å². The van der Waals surface area contributed by atoms with Gasteiger partial charge in [0.1, 0.15) is 0 Å². The third-order valence-electron chi connectivity index (χ3n) is 2.46. The molecule has 72 valence electrons. The minimum absolute atomic E-state index is 0.227. The molecule has 3 heteroatoms. The highest BCUT2D eigenvalue weighted by atomic mass is 16.1. The predicted octanol–water partition coefficient (Wildman–Crippen LogP) is 1.79. The average Bonchev–Trinajstić information content (AvgIpc) is 2.34. The van der Waals surface area contributed by atoms with E-state index in [1.165, 1.54) is 5.56 Å². The van der Waals surface area contributed by atoms with Crippen LogP contribution in [0, 0.1) is 20.8 Å². The van der Waals surface area contributed by atoms with Crippen LogP contribution in [0.25, 0.3) is 0 Å². The first kappa shape index (κ1) is 9.96. The van der Waals surface area contributed by atoms with Crippen LogP contribution in [-0.4, -0.2) is 15.6 Å². The van der Waals surface area contributed by atoms with E-state index in [1.807, 2.05) is 27.7 Å². The number of Topliss-reactive ketones (excluding diaryl/α,β-unsaturated/α-hetero) is 1. The molecule has 0 aliphatic rings. The number of nitrogens with zero attached hydrogens (tertiary/aromatic N) is 2. The highest BCUT2D eigenvalue weighted by Gasteiger charge is 2.08. The number of carbonyl (C=O) groups is 1. The maximum atomic E-state index is 11.2. The fourth-order valence-electron chi connectivity index (χ4n) is 1.22. The molecule has 13 heavy (non-hydrogen) atoms. The van der Waals surface area contributed by atoms with Crippen LogP contribution in [0.3, 0.4) is 0 Å². The lowest BCUT2D eigenvalue weighted by Gasteiger charge is -2.01. The van der Waals surface area contributed by atoms with E-state index in [0.29, 0.717) is 13.0 Å². The minimum atomic E-state index is 0.227. The Hall–Kier alpha value is -1.12. The highest BCUT2D eigenvalue weighted by molar-refractivity contribution is 5.77. The van der Waals surface area contributed by atoms with Crippen LogP contribution >= 0.6 is 0 Å². The minimum Gasteiger partial charge on any atom is -0.298 e. The normalized spacial score (nSPS) is 10.5. The van der Waals surface area contributed by atoms with Crippen LogP contribution in [0.2, 0.25) is 0 Å². The Balaban J connectivity index is 2.90. The van der Waals surface area contributed by atoms with E-state index in [2.05, 4.69) is 5.10 Å². The Morgan fingerprint density at radius 2 is 2.00 bits per heavy atom. The zero-order chi connectivity index (χ0) is 10.0. The summed E-state index contributed by atoms with van der Waals surface area (Å²) in [7, 11) is 0. The number of carbonyl (C=O) groups excluding carboxylic acids is 1. The van der Waals surface area contributed by atoms with E-state index < -0.39 is 0 Å².